The summed E-state index contributed by atoms with van der Waals surface area (Å²) in [5.41, 5.74) is 1.16. The standard InChI is InChI=1S/C23H38N6O3/c1-15(2)21(24)28-23(32)29-12-9-18(10-13-29)6-5-11-25-20-8-7-19(17(4)27-20)22(31)26-16(3)14-30/h7-8,15-16,18,30H,5-6,9-14H2,1-4H3,(H,25,27)(H,26,31)(H2,24,28,32)/p+1/t16-/m1/s1. The Hall–Kier alpha value is -2.68. The molecular formula is C23H39N6O3+. The summed E-state index contributed by atoms with van der Waals surface area (Å²) in [6, 6.07) is 3.18. The van der Waals surface area contributed by atoms with Crippen LogP contribution >= 0.6 is 0 Å². The Balaban J connectivity index is 1.69. The maximum atomic E-state index is 12.3. The van der Waals surface area contributed by atoms with E-state index >= 15 is 0 Å². The van der Waals surface area contributed by atoms with Crippen molar-refractivity contribution in [2.75, 3.05) is 31.6 Å². The molecule has 0 aromatic carbocycles. The molecule has 1 saturated heterocycles. The van der Waals surface area contributed by atoms with E-state index in [2.05, 4.69) is 20.9 Å². The zero-order chi connectivity index (χ0) is 23.7. The van der Waals surface area contributed by atoms with Crippen molar-refractivity contribution in [1.29, 1.82) is 0 Å². The van der Waals surface area contributed by atoms with E-state index in [1.54, 1.807) is 19.9 Å². The summed E-state index contributed by atoms with van der Waals surface area (Å²) in [5.74, 6) is 1.78. The molecule has 9 nitrogen and oxygen atoms in total. The topological polar surface area (TPSA) is 132 Å². The first-order valence-corrected chi connectivity index (χ1v) is 11.5. The highest BCUT2D eigenvalue weighted by atomic mass is 16.3. The van der Waals surface area contributed by atoms with Gasteiger partial charge in [-0.1, -0.05) is 13.8 Å². The third-order valence-electron chi connectivity index (χ3n) is 5.85. The number of amides is 3. The Morgan fingerprint density at radius 3 is 2.53 bits per heavy atom. The fraction of sp³-hybridized carbons (Fsp3) is 0.652. The highest BCUT2D eigenvalue weighted by Gasteiger charge is 2.26. The first-order valence-electron chi connectivity index (χ1n) is 11.5. The van der Waals surface area contributed by atoms with Gasteiger partial charge in [-0.05, 0) is 57.6 Å². The molecule has 32 heavy (non-hydrogen) atoms. The summed E-state index contributed by atoms with van der Waals surface area (Å²) >= 11 is 0. The van der Waals surface area contributed by atoms with Gasteiger partial charge in [-0.2, -0.15) is 5.32 Å². The monoisotopic (exact) mass is 447 g/mol. The molecule has 0 aliphatic carbocycles. The normalized spacial score (nSPS) is 15.4. The van der Waals surface area contributed by atoms with Crippen LogP contribution in [0.3, 0.4) is 0 Å². The minimum absolute atomic E-state index is 0.0966. The Kier molecular flexibility index (Phi) is 9.90. The van der Waals surface area contributed by atoms with Crippen LogP contribution in [-0.4, -0.2) is 65.0 Å². The van der Waals surface area contributed by atoms with E-state index in [4.69, 9.17) is 10.5 Å². The molecule has 1 aliphatic rings. The van der Waals surface area contributed by atoms with Gasteiger partial charge in [-0.15, -0.1) is 0 Å². The molecule has 1 aliphatic heterocycles. The molecule has 2 rings (SSSR count). The number of anilines is 1. The smallest absolute Gasteiger partial charge is 0.394 e. The highest BCUT2D eigenvalue weighted by molar-refractivity contribution is 5.96. The number of hydrogen-bond acceptors (Lipinski definition) is 5. The van der Waals surface area contributed by atoms with E-state index in [1.807, 2.05) is 24.8 Å². The number of aromatic nitrogens is 1. The molecule has 1 atom stereocenters. The van der Waals surface area contributed by atoms with Crippen LogP contribution < -0.4 is 21.4 Å². The molecule has 0 bridgehead atoms. The van der Waals surface area contributed by atoms with Crippen LogP contribution in [0.25, 0.3) is 0 Å². The van der Waals surface area contributed by atoms with Crippen LogP contribution in [0.5, 0.6) is 0 Å². The average molecular weight is 448 g/mol. The van der Waals surface area contributed by atoms with Gasteiger partial charge in [0.1, 0.15) is 5.82 Å². The molecular weight excluding hydrogens is 408 g/mol. The second-order valence-electron chi connectivity index (χ2n) is 8.93. The molecule has 3 amide bonds. The molecule has 6 N–H and O–H groups in total. The number of nitrogens with two attached hydrogens (primary N) is 1. The summed E-state index contributed by atoms with van der Waals surface area (Å²) in [6.07, 6.45) is 4.12. The van der Waals surface area contributed by atoms with Crippen molar-refractivity contribution >= 4 is 23.6 Å². The lowest BCUT2D eigenvalue weighted by molar-refractivity contribution is -0.123. The number of carbonyl (C=O) groups excluding carboxylic acids is 2. The van der Waals surface area contributed by atoms with Crippen molar-refractivity contribution in [3.8, 4) is 0 Å². The van der Waals surface area contributed by atoms with E-state index < -0.39 is 0 Å². The van der Waals surface area contributed by atoms with E-state index in [9.17, 15) is 9.59 Å². The second-order valence-corrected chi connectivity index (χ2v) is 8.93. The average Bonchev–Trinajstić information content (AvgIpc) is 2.76. The Bertz CT molecular complexity index is 790. The van der Waals surface area contributed by atoms with Gasteiger partial charge in [0.05, 0.1) is 23.8 Å². The molecule has 0 saturated carbocycles. The van der Waals surface area contributed by atoms with E-state index in [1.165, 1.54) is 0 Å². The van der Waals surface area contributed by atoms with Gasteiger partial charge in [0, 0.05) is 25.7 Å². The summed E-state index contributed by atoms with van der Waals surface area (Å²) in [7, 11) is 0. The van der Waals surface area contributed by atoms with Crippen LogP contribution in [0, 0.1) is 18.8 Å². The molecule has 0 radical (unpaired) electrons. The van der Waals surface area contributed by atoms with Gasteiger partial charge in [-0.25, -0.2) is 9.78 Å². The van der Waals surface area contributed by atoms with Gasteiger partial charge in [0.2, 0.25) is 0 Å². The quantitative estimate of drug-likeness (QED) is 0.218. The van der Waals surface area contributed by atoms with Crippen LogP contribution in [0.4, 0.5) is 10.6 Å². The zero-order valence-electron chi connectivity index (χ0n) is 19.8. The number of piperidine rings is 1. The van der Waals surface area contributed by atoms with Crippen molar-refractivity contribution in [2.45, 2.75) is 59.4 Å². The van der Waals surface area contributed by atoms with Gasteiger partial charge in [0.25, 0.3) is 11.7 Å². The number of aryl methyl sites for hydroxylation is 1. The van der Waals surface area contributed by atoms with Crippen molar-refractivity contribution < 1.29 is 20.1 Å². The maximum Gasteiger partial charge on any atom is 0.408 e. The lowest BCUT2D eigenvalue weighted by Crippen LogP contribution is -2.57. The molecule has 0 unspecified atom stereocenters. The predicted molar refractivity (Wildman–Crippen MR) is 125 cm³/mol. The molecule has 178 valence electrons. The van der Waals surface area contributed by atoms with Gasteiger partial charge in [0.15, 0.2) is 0 Å². The second kappa shape index (κ2) is 12.4. The minimum atomic E-state index is -0.294. The first-order chi connectivity index (χ1) is 15.2. The third kappa shape index (κ3) is 7.78. The fourth-order valence-corrected chi connectivity index (χ4v) is 3.63. The summed E-state index contributed by atoms with van der Waals surface area (Å²) < 4.78 is 0. The number of aliphatic hydroxyl groups excluding tert-OH is 1. The van der Waals surface area contributed by atoms with Crippen LogP contribution in [0.2, 0.25) is 0 Å². The number of rotatable bonds is 9. The van der Waals surface area contributed by atoms with E-state index in [0.717, 1.165) is 51.1 Å². The van der Waals surface area contributed by atoms with Crippen molar-refractivity contribution in [3.63, 3.8) is 0 Å². The van der Waals surface area contributed by atoms with Crippen LogP contribution in [0.15, 0.2) is 12.1 Å². The Morgan fingerprint density at radius 2 is 1.94 bits per heavy atom. The summed E-state index contributed by atoms with van der Waals surface area (Å²) in [5, 5.41) is 23.8. The number of amidine groups is 1. The number of hydrogen-bond donors (Lipinski definition) is 5. The first kappa shape index (κ1) is 25.6. The molecule has 1 fully saturated rings. The molecule has 1 aromatic heterocycles. The Labute approximate surface area is 190 Å². The Morgan fingerprint density at radius 1 is 1.25 bits per heavy atom. The minimum Gasteiger partial charge on any atom is -0.394 e. The number of nitrogens with zero attached hydrogens (tertiary/aromatic N) is 2. The number of nitrogens with one attached hydrogen (secondary N) is 3. The van der Waals surface area contributed by atoms with Gasteiger partial charge >= 0.3 is 6.03 Å². The number of pyridine rings is 1. The number of aliphatic hydroxyl groups is 1. The fourth-order valence-electron chi connectivity index (χ4n) is 3.63. The molecule has 9 heteroatoms. The number of likely N-dealkylation sites (tertiary alicyclic amines) is 1. The van der Waals surface area contributed by atoms with Crippen molar-refractivity contribution in [1.82, 2.24) is 20.5 Å². The van der Waals surface area contributed by atoms with E-state index in [0.29, 0.717) is 23.0 Å². The summed E-state index contributed by atoms with van der Waals surface area (Å²) in [6.45, 7) is 9.68. The number of urea groups is 1. The van der Waals surface area contributed by atoms with Gasteiger partial charge < -0.3 is 20.6 Å². The molecule has 2 heterocycles. The lowest BCUT2D eigenvalue weighted by atomic mass is 9.92. The van der Waals surface area contributed by atoms with E-state index in [-0.39, 0.29) is 30.5 Å². The lowest BCUT2D eigenvalue weighted by Gasteiger charge is -2.30. The third-order valence-corrected chi connectivity index (χ3v) is 5.85. The van der Waals surface area contributed by atoms with Gasteiger partial charge in [-0.3, -0.25) is 10.2 Å². The van der Waals surface area contributed by atoms with Crippen LogP contribution in [-0.2, 0) is 0 Å². The van der Waals surface area contributed by atoms with Crippen molar-refractivity contribution in [3.05, 3.63) is 23.4 Å². The molecule has 1 aromatic rings. The van der Waals surface area contributed by atoms with Crippen molar-refractivity contribution in [2.24, 2.45) is 11.8 Å². The highest BCUT2D eigenvalue weighted by Crippen LogP contribution is 2.22. The maximum absolute atomic E-state index is 12.3. The van der Waals surface area contributed by atoms with Crippen LogP contribution in [0.1, 0.15) is 62.5 Å². The number of carbonyl (C=O) groups is 2. The SMILES string of the molecule is Cc1nc(NCCCC2CCN(C(=O)NC(=[NH2+])C(C)C)CC2)ccc1C(=O)N[C@H](C)CO. The molecule has 0 spiro atoms. The summed E-state index contributed by atoms with van der Waals surface area (Å²) in [4.78, 5) is 30.8. The largest absolute Gasteiger partial charge is 0.408 e. The predicted octanol–water partition coefficient (Wildman–Crippen LogP) is 0.928. The zero-order valence-corrected chi connectivity index (χ0v) is 19.8.